The average Bonchev–Trinajstić information content (AvgIpc) is 3.03. The Morgan fingerprint density at radius 2 is 2.18 bits per heavy atom. The van der Waals surface area contributed by atoms with Crippen LogP contribution in [0.5, 0.6) is 0 Å². The van der Waals surface area contributed by atoms with E-state index in [0.717, 1.165) is 58.1 Å². The number of hydrogen-bond acceptors (Lipinski definition) is 4. The molecule has 3 rings (SSSR count). The molecule has 0 aromatic carbocycles. The standard InChI is InChI=1S/C16H27N5O/c1-13-10-19(12-16-17-4-5-18-16)11-15(13)21-7-3-6-20(8-9-21)14(2)22/h4-5,13,15H,3,6-12H2,1-2H3,(H,17,18)/t13-,15+/m0/s1. The van der Waals surface area contributed by atoms with Gasteiger partial charge in [-0.1, -0.05) is 6.92 Å². The number of hydrogen-bond donors (Lipinski definition) is 1. The van der Waals surface area contributed by atoms with Crippen molar-refractivity contribution < 1.29 is 4.79 Å². The lowest BCUT2D eigenvalue weighted by molar-refractivity contribution is -0.128. The predicted octanol–water partition coefficient (Wildman–Crippen LogP) is 0.784. The van der Waals surface area contributed by atoms with Crippen molar-refractivity contribution in [1.29, 1.82) is 0 Å². The molecule has 0 spiro atoms. The number of carbonyl (C=O) groups excluding carboxylic acids is 1. The average molecular weight is 305 g/mol. The molecule has 0 unspecified atom stereocenters. The summed E-state index contributed by atoms with van der Waals surface area (Å²) < 4.78 is 0. The highest BCUT2D eigenvalue weighted by Gasteiger charge is 2.34. The molecule has 0 aliphatic carbocycles. The van der Waals surface area contributed by atoms with Crippen molar-refractivity contribution in [2.45, 2.75) is 32.9 Å². The van der Waals surface area contributed by atoms with Crippen LogP contribution < -0.4 is 0 Å². The molecule has 0 bridgehead atoms. The van der Waals surface area contributed by atoms with Crippen molar-refractivity contribution in [3.05, 3.63) is 18.2 Å². The molecule has 22 heavy (non-hydrogen) atoms. The fraction of sp³-hybridized carbons (Fsp3) is 0.750. The Hall–Kier alpha value is -1.40. The number of rotatable bonds is 3. The van der Waals surface area contributed by atoms with Crippen LogP contribution in [0.2, 0.25) is 0 Å². The van der Waals surface area contributed by atoms with E-state index in [9.17, 15) is 4.79 Å². The van der Waals surface area contributed by atoms with Crippen LogP contribution in [0.25, 0.3) is 0 Å². The van der Waals surface area contributed by atoms with Gasteiger partial charge in [-0.25, -0.2) is 4.98 Å². The monoisotopic (exact) mass is 305 g/mol. The summed E-state index contributed by atoms with van der Waals surface area (Å²) in [7, 11) is 0. The zero-order valence-corrected chi connectivity index (χ0v) is 13.7. The van der Waals surface area contributed by atoms with Crippen molar-refractivity contribution >= 4 is 5.91 Å². The van der Waals surface area contributed by atoms with E-state index in [0.29, 0.717) is 12.0 Å². The molecule has 3 heterocycles. The van der Waals surface area contributed by atoms with Crippen LogP contribution in [0.4, 0.5) is 0 Å². The van der Waals surface area contributed by atoms with Gasteiger partial charge in [0.15, 0.2) is 0 Å². The topological polar surface area (TPSA) is 55.5 Å². The third-order valence-corrected chi connectivity index (χ3v) is 5.02. The molecular weight excluding hydrogens is 278 g/mol. The number of aromatic amines is 1. The molecule has 1 aromatic rings. The first-order valence-electron chi connectivity index (χ1n) is 8.33. The lowest BCUT2D eigenvalue weighted by atomic mass is 10.0. The van der Waals surface area contributed by atoms with Gasteiger partial charge in [-0.05, 0) is 12.3 Å². The highest BCUT2D eigenvalue weighted by atomic mass is 16.2. The summed E-state index contributed by atoms with van der Waals surface area (Å²) in [5.74, 6) is 1.92. The summed E-state index contributed by atoms with van der Waals surface area (Å²) in [6.07, 6.45) is 4.79. The van der Waals surface area contributed by atoms with E-state index in [1.54, 1.807) is 6.92 Å². The fourth-order valence-corrected chi connectivity index (χ4v) is 3.83. The molecule has 2 saturated heterocycles. The lowest BCUT2D eigenvalue weighted by Crippen LogP contribution is -2.43. The number of imidazole rings is 1. The fourth-order valence-electron chi connectivity index (χ4n) is 3.83. The molecule has 1 amide bonds. The SMILES string of the molecule is CC(=O)N1CCCN([C@@H]2CN(Cc3ncc[nH]3)C[C@@H]2C)CC1. The van der Waals surface area contributed by atoms with Gasteiger partial charge in [-0.2, -0.15) is 0 Å². The first kappa shape index (κ1) is 15.5. The van der Waals surface area contributed by atoms with E-state index in [-0.39, 0.29) is 5.91 Å². The van der Waals surface area contributed by atoms with Crippen LogP contribution in [-0.2, 0) is 11.3 Å². The van der Waals surface area contributed by atoms with Gasteiger partial charge in [0.2, 0.25) is 5.91 Å². The summed E-state index contributed by atoms with van der Waals surface area (Å²) in [4.78, 5) is 26.2. The van der Waals surface area contributed by atoms with Gasteiger partial charge in [0, 0.05) is 64.6 Å². The van der Waals surface area contributed by atoms with Gasteiger partial charge < -0.3 is 9.88 Å². The normalized spacial score (nSPS) is 28.0. The van der Waals surface area contributed by atoms with Crippen molar-refractivity contribution in [3.8, 4) is 0 Å². The third-order valence-electron chi connectivity index (χ3n) is 5.02. The van der Waals surface area contributed by atoms with E-state index in [1.807, 2.05) is 17.3 Å². The van der Waals surface area contributed by atoms with Gasteiger partial charge in [0.25, 0.3) is 0 Å². The maximum Gasteiger partial charge on any atom is 0.219 e. The van der Waals surface area contributed by atoms with Gasteiger partial charge in [0.05, 0.1) is 6.54 Å². The van der Waals surface area contributed by atoms with Crippen molar-refractivity contribution in [1.82, 2.24) is 24.7 Å². The first-order valence-corrected chi connectivity index (χ1v) is 8.33. The van der Waals surface area contributed by atoms with Gasteiger partial charge in [-0.15, -0.1) is 0 Å². The van der Waals surface area contributed by atoms with Crippen LogP contribution >= 0.6 is 0 Å². The summed E-state index contributed by atoms with van der Waals surface area (Å²) >= 11 is 0. The summed E-state index contributed by atoms with van der Waals surface area (Å²) in [5.41, 5.74) is 0. The lowest BCUT2D eigenvalue weighted by Gasteiger charge is -2.30. The number of carbonyl (C=O) groups is 1. The molecule has 1 aromatic heterocycles. The highest BCUT2D eigenvalue weighted by molar-refractivity contribution is 5.73. The number of nitrogens with one attached hydrogen (secondary N) is 1. The first-order chi connectivity index (χ1) is 10.6. The van der Waals surface area contributed by atoms with Gasteiger partial charge >= 0.3 is 0 Å². The van der Waals surface area contributed by atoms with Crippen LogP contribution in [-0.4, -0.2) is 75.9 Å². The molecule has 2 aliphatic rings. The molecule has 0 radical (unpaired) electrons. The molecule has 2 aliphatic heterocycles. The second kappa shape index (κ2) is 6.79. The minimum absolute atomic E-state index is 0.209. The number of amides is 1. The molecule has 0 saturated carbocycles. The minimum Gasteiger partial charge on any atom is -0.348 e. The Morgan fingerprint density at radius 3 is 2.91 bits per heavy atom. The maximum absolute atomic E-state index is 11.6. The molecular formula is C16H27N5O. The van der Waals surface area contributed by atoms with Crippen LogP contribution in [0.1, 0.15) is 26.1 Å². The molecule has 2 atom stereocenters. The van der Waals surface area contributed by atoms with Crippen LogP contribution in [0, 0.1) is 5.92 Å². The smallest absolute Gasteiger partial charge is 0.219 e. The summed E-state index contributed by atoms with van der Waals surface area (Å²) in [6, 6.07) is 0.599. The van der Waals surface area contributed by atoms with Crippen LogP contribution in [0.3, 0.4) is 0 Å². The summed E-state index contributed by atoms with van der Waals surface area (Å²) in [6.45, 7) is 11.0. The third kappa shape index (κ3) is 3.50. The van der Waals surface area contributed by atoms with Crippen LogP contribution in [0.15, 0.2) is 12.4 Å². The van der Waals surface area contributed by atoms with Crippen molar-refractivity contribution in [3.63, 3.8) is 0 Å². The van der Waals surface area contributed by atoms with E-state index in [4.69, 9.17) is 0 Å². The molecule has 1 N–H and O–H groups in total. The Bertz CT molecular complexity index is 489. The predicted molar refractivity (Wildman–Crippen MR) is 85.3 cm³/mol. The summed E-state index contributed by atoms with van der Waals surface area (Å²) in [5, 5.41) is 0. The minimum atomic E-state index is 0.209. The van der Waals surface area contributed by atoms with Gasteiger partial charge in [-0.3, -0.25) is 14.6 Å². The van der Waals surface area contributed by atoms with E-state index in [1.165, 1.54) is 0 Å². The zero-order valence-electron chi connectivity index (χ0n) is 13.7. The number of aromatic nitrogens is 2. The molecule has 6 nitrogen and oxygen atoms in total. The zero-order chi connectivity index (χ0) is 15.5. The number of H-pyrrole nitrogens is 1. The Balaban J connectivity index is 1.56. The number of likely N-dealkylation sites (tertiary alicyclic amines) is 1. The van der Waals surface area contributed by atoms with Crippen molar-refractivity contribution in [2.75, 3.05) is 39.3 Å². The number of nitrogens with zero attached hydrogens (tertiary/aromatic N) is 4. The molecule has 2 fully saturated rings. The second-order valence-corrected chi connectivity index (χ2v) is 6.67. The molecule has 6 heteroatoms. The Labute approximate surface area is 132 Å². The quantitative estimate of drug-likeness (QED) is 0.897. The van der Waals surface area contributed by atoms with E-state index in [2.05, 4.69) is 26.7 Å². The largest absolute Gasteiger partial charge is 0.348 e. The Kier molecular flexibility index (Phi) is 4.78. The molecule has 122 valence electrons. The Morgan fingerprint density at radius 1 is 1.32 bits per heavy atom. The van der Waals surface area contributed by atoms with E-state index < -0.39 is 0 Å². The van der Waals surface area contributed by atoms with Gasteiger partial charge in [0.1, 0.15) is 5.82 Å². The van der Waals surface area contributed by atoms with E-state index >= 15 is 0 Å². The second-order valence-electron chi connectivity index (χ2n) is 6.67. The maximum atomic E-state index is 11.6. The highest BCUT2D eigenvalue weighted by Crippen LogP contribution is 2.24. The van der Waals surface area contributed by atoms with Crippen molar-refractivity contribution in [2.24, 2.45) is 5.92 Å².